The molecule has 1 aromatic carbocycles. The minimum Gasteiger partial charge on any atom is -0.451 e. The van der Waals surface area contributed by atoms with Crippen LogP contribution < -0.4 is 0 Å². The van der Waals surface area contributed by atoms with Crippen molar-refractivity contribution in [2.45, 2.75) is 57.7 Å². The molecule has 0 spiro atoms. The van der Waals surface area contributed by atoms with Crippen molar-refractivity contribution in [3.8, 4) is 0 Å². The van der Waals surface area contributed by atoms with E-state index in [0.717, 1.165) is 24.8 Å². The zero-order valence-corrected chi connectivity index (χ0v) is 11.7. The number of aliphatic hydroxyl groups excluding tert-OH is 1. The van der Waals surface area contributed by atoms with Crippen LogP contribution in [0, 0.1) is 0 Å². The van der Waals surface area contributed by atoms with Gasteiger partial charge in [0.25, 0.3) is 0 Å². The zero-order chi connectivity index (χ0) is 13.9. The predicted octanol–water partition coefficient (Wildman–Crippen LogP) is 3.40. The van der Waals surface area contributed by atoms with Gasteiger partial charge < -0.3 is 9.84 Å². The third kappa shape index (κ3) is 2.81. The molecular weight excluding hydrogens is 240 g/mol. The van der Waals surface area contributed by atoms with Gasteiger partial charge in [-0.1, -0.05) is 31.5 Å². The fourth-order valence-corrected chi connectivity index (χ4v) is 2.75. The summed E-state index contributed by atoms with van der Waals surface area (Å²) in [5, 5.41) is 9.53. The molecule has 2 rings (SSSR count). The van der Waals surface area contributed by atoms with Gasteiger partial charge in [0.1, 0.15) is 5.60 Å². The third-order valence-corrected chi connectivity index (χ3v) is 3.83. The van der Waals surface area contributed by atoms with Crippen LogP contribution in [-0.4, -0.2) is 17.2 Å². The molecular formula is C16H22O3. The Balaban J connectivity index is 2.31. The SMILES string of the molecule is CCCCC1(CCC(C)O)OC(=O)c2ccccc21. The summed E-state index contributed by atoms with van der Waals surface area (Å²) in [5.74, 6) is -0.225. The lowest BCUT2D eigenvalue weighted by molar-refractivity contribution is -0.0249. The van der Waals surface area contributed by atoms with Crippen molar-refractivity contribution in [2.24, 2.45) is 0 Å². The van der Waals surface area contributed by atoms with Crippen molar-refractivity contribution >= 4 is 5.97 Å². The van der Waals surface area contributed by atoms with Crippen molar-refractivity contribution in [3.05, 3.63) is 35.4 Å². The van der Waals surface area contributed by atoms with E-state index in [2.05, 4.69) is 6.92 Å². The number of carbonyl (C=O) groups excluding carboxylic acids is 1. The van der Waals surface area contributed by atoms with E-state index in [0.29, 0.717) is 18.4 Å². The number of rotatable bonds is 6. The van der Waals surface area contributed by atoms with Gasteiger partial charge in [-0.2, -0.15) is 0 Å². The summed E-state index contributed by atoms with van der Waals surface area (Å²) in [5.41, 5.74) is 1.15. The average molecular weight is 262 g/mol. The van der Waals surface area contributed by atoms with Crippen LogP contribution in [0.5, 0.6) is 0 Å². The Morgan fingerprint density at radius 2 is 2.05 bits per heavy atom. The van der Waals surface area contributed by atoms with Gasteiger partial charge in [0.05, 0.1) is 11.7 Å². The first-order valence-corrected chi connectivity index (χ1v) is 7.10. The fraction of sp³-hybridized carbons (Fsp3) is 0.562. The van der Waals surface area contributed by atoms with Crippen molar-refractivity contribution in [2.75, 3.05) is 0 Å². The Morgan fingerprint density at radius 3 is 2.74 bits per heavy atom. The van der Waals surface area contributed by atoms with Gasteiger partial charge in [-0.3, -0.25) is 0 Å². The highest BCUT2D eigenvalue weighted by molar-refractivity contribution is 5.94. The van der Waals surface area contributed by atoms with Crippen molar-refractivity contribution < 1.29 is 14.6 Å². The highest BCUT2D eigenvalue weighted by Crippen LogP contribution is 2.43. The highest BCUT2D eigenvalue weighted by Gasteiger charge is 2.44. The van der Waals surface area contributed by atoms with E-state index < -0.39 is 5.60 Å². The maximum atomic E-state index is 12.0. The molecule has 0 bridgehead atoms. The normalized spacial score (nSPS) is 23.0. The molecule has 1 N–H and O–H groups in total. The van der Waals surface area contributed by atoms with E-state index in [1.165, 1.54) is 0 Å². The molecule has 1 aliphatic rings. The van der Waals surface area contributed by atoms with Gasteiger partial charge in [0.15, 0.2) is 0 Å². The van der Waals surface area contributed by atoms with Crippen LogP contribution in [0.2, 0.25) is 0 Å². The second kappa shape index (κ2) is 5.74. The Bertz CT molecular complexity index is 453. The molecule has 3 nitrogen and oxygen atoms in total. The maximum Gasteiger partial charge on any atom is 0.339 e. The number of aliphatic hydroxyl groups is 1. The monoisotopic (exact) mass is 262 g/mol. The van der Waals surface area contributed by atoms with E-state index in [9.17, 15) is 9.90 Å². The summed E-state index contributed by atoms with van der Waals surface area (Å²) in [4.78, 5) is 12.0. The minimum atomic E-state index is -0.527. The molecule has 0 radical (unpaired) electrons. The molecule has 0 aromatic heterocycles. The number of ether oxygens (including phenoxy) is 1. The number of fused-ring (bicyclic) bond motifs is 1. The van der Waals surface area contributed by atoms with Crippen molar-refractivity contribution in [1.82, 2.24) is 0 Å². The lowest BCUT2D eigenvalue weighted by Gasteiger charge is -2.29. The molecule has 0 amide bonds. The summed E-state index contributed by atoms with van der Waals surface area (Å²) < 4.78 is 5.72. The number of carbonyl (C=O) groups is 1. The van der Waals surface area contributed by atoms with Crippen LogP contribution in [-0.2, 0) is 10.3 Å². The predicted molar refractivity (Wildman–Crippen MR) is 74.0 cm³/mol. The van der Waals surface area contributed by atoms with E-state index in [1.807, 2.05) is 24.3 Å². The molecule has 3 heteroatoms. The molecule has 0 aliphatic carbocycles. The molecule has 2 atom stereocenters. The van der Waals surface area contributed by atoms with Crippen LogP contribution in [0.4, 0.5) is 0 Å². The number of hydrogen-bond donors (Lipinski definition) is 1. The van der Waals surface area contributed by atoms with Gasteiger partial charge in [0.2, 0.25) is 0 Å². The van der Waals surface area contributed by atoms with E-state index in [-0.39, 0.29) is 12.1 Å². The van der Waals surface area contributed by atoms with Gasteiger partial charge in [-0.25, -0.2) is 4.79 Å². The van der Waals surface area contributed by atoms with Crippen molar-refractivity contribution in [1.29, 1.82) is 0 Å². The Morgan fingerprint density at radius 1 is 1.32 bits per heavy atom. The first-order valence-electron chi connectivity index (χ1n) is 7.10. The van der Waals surface area contributed by atoms with E-state index in [1.54, 1.807) is 6.92 Å². The zero-order valence-electron chi connectivity index (χ0n) is 11.7. The number of cyclic esters (lactones) is 1. The maximum absolute atomic E-state index is 12.0. The largest absolute Gasteiger partial charge is 0.451 e. The Hall–Kier alpha value is -1.35. The summed E-state index contributed by atoms with van der Waals surface area (Å²) in [6, 6.07) is 7.63. The minimum absolute atomic E-state index is 0.225. The summed E-state index contributed by atoms with van der Waals surface area (Å²) in [6.45, 7) is 3.90. The smallest absolute Gasteiger partial charge is 0.339 e. The molecule has 2 unspecified atom stereocenters. The van der Waals surface area contributed by atoms with Gasteiger partial charge >= 0.3 is 5.97 Å². The molecule has 1 aromatic rings. The van der Waals surface area contributed by atoms with Crippen molar-refractivity contribution in [3.63, 3.8) is 0 Å². The lowest BCUT2D eigenvalue weighted by atomic mass is 9.83. The average Bonchev–Trinajstić information content (AvgIpc) is 2.69. The lowest BCUT2D eigenvalue weighted by Crippen LogP contribution is -2.27. The van der Waals surface area contributed by atoms with E-state index >= 15 is 0 Å². The molecule has 1 heterocycles. The van der Waals surface area contributed by atoms with E-state index in [4.69, 9.17) is 4.74 Å². The third-order valence-electron chi connectivity index (χ3n) is 3.83. The van der Waals surface area contributed by atoms with Crippen LogP contribution >= 0.6 is 0 Å². The molecule has 0 saturated heterocycles. The van der Waals surface area contributed by atoms with Crippen LogP contribution in [0.15, 0.2) is 24.3 Å². The summed E-state index contributed by atoms with van der Waals surface area (Å²) in [7, 11) is 0. The quantitative estimate of drug-likeness (QED) is 0.799. The number of esters is 1. The first kappa shape index (κ1) is 14.1. The van der Waals surface area contributed by atoms with Gasteiger partial charge in [-0.05, 0) is 38.7 Å². The fourth-order valence-electron chi connectivity index (χ4n) is 2.75. The van der Waals surface area contributed by atoms with Gasteiger partial charge in [0, 0.05) is 5.56 Å². The second-order valence-corrected chi connectivity index (χ2v) is 5.42. The summed E-state index contributed by atoms with van der Waals surface area (Å²) >= 11 is 0. The Labute approximate surface area is 114 Å². The summed E-state index contributed by atoms with van der Waals surface area (Å²) in [6.07, 6.45) is 3.87. The molecule has 1 aliphatic heterocycles. The van der Waals surface area contributed by atoms with Crippen LogP contribution in [0.1, 0.15) is 61.9 Å². The van der Waals surface area contributed by atoms with Gasteiger partial charge in [-0.15, -0.1) is 0 Å². The van der Waals surface area contributed by atoms with Crippen LogP contribution in [0.3, 0.4) is 0 Å². The second-order valence-electron chi connectivity index (χ2n) is 5.42. The topological polar surface area (TPSA) is 46.5 Å². The number of benzene rings is 1. The molecule has 19 heavy (non-hydrogen) atoms. The Kier molecular flexibility index (Phi) is 4.25. The number of hydrogen-bond acceptors (Lipinski definition) is 3. The standard InChI is InChI=1S/C16H22O3/c1-3-4-10-16(11-9-12(2)17)14-8-6-5-7-13(14)15(18)19-16/h5-8,12,17H,3-4,9-11H2,1-2H3. The number of unbranched alkanes of at least 4 members (excludes halogenated alkanes) is 1. The molecule has 0 fully saturated rings. The highest BCUT2D eigenvalue weighted by atomic mass is 16.6. The molecule has 0 saturated carbocycles. The first-order chi connectivity index (χ1) is 9.09. The molecule has 104 valence electrons. The van der Waals surface area contributed by atoms with Crippen LogP contribution in [0.25, 0.3) is 0 Å².